The Kier molecular flexibility index (Phi) is 3.65. The molecule has 0 radical (unpaired) electrons. The molecule has 0 N–H and O–H groups in total. The van der Waals surface area contributed by atoms with Crippen LogP contribution in [0.5, 0.6) is 0 Å². The van der Waals surface area contributed by atoms with E-state index in [2.05, 4.69) is 26.1 Å². The monoisotopic (exact) mass is 365 g/mol. The molecule has 0 aliphatic carbocycles. The van der Waals surface area contributed by atoms with Crippen molar-refractivity contribution >= 4 is 39.1 Å². The van der Waals surface area contributed by atoms with Crippen LogP contribution in [0.4, 0.5) is 0 Å². The summed E-state index contributed by atoms with van der Waals surface area (Å²) in [6, 6.07) is 9.13. The largest absolute Gasteiger partial charge is 0.465 e. The zero-order valence-electron chi connectivity index (χ0n) is 10.9. The SMILES string of the molecule is COC(=O)c1cc(Cl)c2nnc(-c3ccc(Br)cc3)n2c1. The first kappa shape index (κ1) is 14.0. The lowest BCUT2D eigenvalue weighted by atomic mass is 10.2. The van der Waals surface area contributed by atoms with Gasteiger partial charge in [-0.1, -0.05) is 39.7 Å². The van der Waals surface area contributed by atoms with Gasteiger partial charge in [-0.15, -0.1) is 10.2 Å². The molecule has 2 aromatic heterocycles. The van der Waals surface area contributed by atoms with Crippen molar-refractivity contribution < 1.29 is 9.53 Å². The zero-order valence-corrected chi connectivity index (χ0v) is 13.2. The van der Waals surface area contributed by atoms with E-state index in [9.17, 15) is 4.79 Å². The number of methoxy groups -OCH3 is 1. The second kappa shape index (κ2) is 5.46. The highest BCUT2D eigenvalue weighted by atomic mass is 79.9. The third-order valence-electron chi connectivity index (χ3n) is 2.98. The van der Waals surface area contributed by atoms with Gasteiger partial charge in [0.2, 0.25) is 0 Å². The quantitative estimate of drug-likeness (QED) is 0.650. The van der Waals surface area contributed by atoms with E-state index in [0.29, 0.717) is 22.1 Å². The second-order valence-electron chi connectivity index (χ2n) is 4.29. The minimum absolute atomic E-state index is 0.341. The molecule has 21 heavy (non-hydrogen) atoms. The predicted molar refractivity (Wildman–Crippen MR) is 82.5 cm³/mol. The number of esters is 1. The summed E-state index contributed by atoms with van der Waals surface area (Å²) < 4.78 is 7.36. The second-order valence-corrected chi connectivity index (χ2v) is 5.62. The third kappa shape index (κ3) is 2.52. The minimum Gasteiger partial charge on any atom is -0.465 e. The van der Waals surface area contributed by atoms with Crippen molar-refractivity contribution in [3.8, 4) is 11.4 Å². The molecule has 0 fully saturated rings. The fourth-order valence-corrected chi connectivity index (χ4v) is 2.49. The Balaban J connectivity index is 2.22. The van der Waals surface area contributed by atoms with Crippen LogP contribution < -0.4 is 0 Å². The number of halogens is 2. The number of rotatable bonds is 2. The van der Waals surface area contributed by atoms with Crippen LogP contribution in [-0.4, -0.2) is 27.7 Å². The van der Waals surface area contributed by atoms with Gasteiger partial charge in [0.1, 0.15) is 0 Å². The third-order valence-corrected chi connectivity index (χ3v) is 3.79. The Bertz CT molecular complexity index is 830. The van der Waals surface area contributed by atoms with Gasteiger partial charge in [-0.3, -0.25) is 4.40 Å². The van der Waals surface area contributed by atoms with Crippen molar-refractivity contribution in [2.75, 3.05) is 7.11 Å². The molecule has 0 atom stereocenters. The van der Waals surface area contributed by atoms with Crippen LogP contribution >= 0.6 is 27.5 Å². The molecule has 0 aliphatic heterocycles. The van der Waals surface area contributed by atoms with Crippen molar-refractivity contribution in [3.63, 3.8) is 0 Å². The molecule has 0 saturated heterocycles. The van der Waals surface area contributed by atoms with E-state index in [1.165, 1.54) is 13.2 Å². The van der Waals surface area contributed by atoms with Gasteiger partial charge in [0.25, 0.3) is 0 Å². The molecule has 0 aliphatic rings. The molecule has 0 saturated carbocycles. The molecule has 0 bridgehead atoms. The van der Waals surface area contributed by atoms with Crippen LogP contribution in [0.3, 0.4) is 0 Å². The topological polar surface area (TPSA) is 56.5 Å². The summed E-state index contributed by atoms with van der Waals surface area (Å²) in [5.74, 6) is 0.138. The highest BCUT2D eigenvalue weighted by Gasteiger charge is 2.15. The van der Waals surface area contributed by atoms with Crippen molar-refractivity contribution in [1.29, 1.82) is 0 Å². The first-order valence-electron chi connectivity index (χ1n) is 5.98. The van der Waals surface area contributed by atoms with Crippen LogP contribution in [0.25, 0.3) is 17.0 Å². The maximum atomic E-state index is 11.7. The molecular weight excluding hydrogens is 358 g/mol. The number of carbonyl (C=O) groups excluding carboxylic acids is 1. The van der Waals surface area contributed by atoms with Crippen molar-refractivity contribution in [3.05, 3.63) is 51.6 Å². The average Bonchev–Trinajstić information content (AvgIpc) is 2.91. The average molecular weight is 367 g/mol. The molecule has 7 heteroatoms. The van der Waals surface area contributed by atoms with Gasteiger partial charge in [0.05, 0.1) is 17.7 Å². The van der Waals surface area contributed by atoms with E-state index in [0.717, 1.165) is 10.0 Å². The number of fused-ring (bicyclic) bond motifs is 1. The first-order valence-corrected chi connectivity index (χ1v) is 7.16. The summed E-state index contributed by atoms with van der Waals surface area (Å²) in [5.41, 5.74) is 1.69. The number of nitrogens with zero attached hydrogens (tertiary/aromatic N) is 3. The van der Waals surface area contributed by atoms with Crippen molar-refractivity contribution in [2.24, 2.45) is 0 Å². The van der Waals surface area contributed by atoms with E-state index >= 15 is 0 Å². The lowest BCUT2D eigenvalue weighted by molar-refractivity contribution is 0.0600. The Hall–Kier alpha value is -1.92. The summed E-state index contributed by atoms with van der Waals surface area (Å²) in [6.07, 6.45) is 1.62. The van der Waals surface area contributed by atoms with E-state index < -0.39 is 5.97 Å². The summed E-state index contributed by atoms with van der Waals surface area (Å²) >= 11 is 9.54. The molecule has 0 spiro atoms. The summed E-state index contributed by atoms with van der Waals surface area (Å²) in [7, 11) is 1.32. The molecule has 3 aromatic rings. The van der Waals surface area contributed by atoms with Gasteiger partial charge in [-0.05, 0) is 18.2 Å². The number of ether oxygens (including phenoxy) is 1. The molecule has 5 nitrogen and oxygen atoms in total. The number of hydrogen-bond donors (Lipinski definition) is 0. The van der Waals surface area contributed by atoms with Gasteiger partial charge >= 0.3 is 5.97 Å². The number of carbonyl (C=O) groups is 1. The maximum Gasteiger partial charge on any atom is 0.339 e. The van der Waals surface area contributed by atoms with E-state index in [1.807, 2.05) is 24.3 Å². The molecule has 106 valence electrons. The van der Waals surface area contributed by atoms with E-state index in [4.69, 9.17) is 16.3 Å². The van der Waals surface area contributed by atoms with Crippen LogP contribution in [0.2, 0.25) is 5.02 Å². The zero-order chi connectivity index (χ0) is 15.0. The highest BCUT2D eigenvalue weighted by molar-refractivity contribution is 9.10. The predicted octanol–water partition coefficient (Wildman–Crippen LogP) is 3.60. The lowest BCUT2D eigenvalue weighted by Gasteiger charge is -2.04. The molecule has 3 rings (SSSR count). The van der Waals surface area contributed by atoms with Crippen LogP contribution in [0.15, 0.2) is 41.0 Å². The van der Waals surface area contributed by atoms with Crippen molar-refractivity contribution in [2.45, 2.75) is 0 Å². The smallest absolute Gasteiger partial charge is 0.339 e. The van der Waals surface area contributed by atoms with Gasteiger partial charge in [-0.25, -0.2) is 4.79 Å². The fourth-order valence-electron chi connectivity index (χ4n) is 1.98. The van der Waals surface area contributed by atoms with Gasteiger partial charge in [-0.2, -0.15) is 0 Å². The van der Waals surface area contributed by atoms with E-state index in [-0.39, 0.29) is 0 Å². The van der Waals surface area contributed by atoms with E-state index in [1.54, 1.807) is 10.6 Å². The Morgan fingerprint density at radius 3 is 2.67 bits per heavy atom. The van der Waals surface area contributed by atoms with Crippen LogP contribution in [0.1, 0.15) is 10.4 Å². The van der Waals surface area contributed by atoms with Gasteiger partial charge in [0, 0.05) is 16.2 Å². The van der Waals surface area contributed by atoms with Crippen LogP contribution in [0, 0.1) is 0 Å². The molecule has 0 unspecified atom stereocenters. The molecular formula is C14H9BrClN3O2. The highest BCUT2D eigenvalue weighted by Crippen LogP contribution is 2.25. The normalized spacial score (nSPS) is 10.8. The number of hydrogen-bond acceptors (Lipinski definition) is 4. The Morgan fingerprint density at radius 1 is 1.29 bits per heavy atom. The Morgan fingerprint density at radius 2 is 2.00 bits per heavy atom. The maximum absolute atomic E-state index is 11.7. The van der Waals surface area contributed by atoms with Gasteiger partial charge < -0.3 is 4.74 Å². The molecule has 2 heterocycles. The van der Waals surface area contributed by atoms with Crippen LogP contribution in [-0.2, 0) is 4.74 Å². The molecule has 0 amide bonds. The van der Waals surface area contributed by atoms with Gasteiger partial charge in [0.15, 0.2) is 11.5 Å². The molecule has 1 aromatic carbocycles. The fraction of sp³-hybridized carbons (Fsp3) is 0.0714. The number of aromatic nitrogens is 3. The number of pyridine rings is 1. The summed E-state index contributed by atoms with van der Waals surface area (Å²) in [5, 5.41) is 8.55. The standard InChI is InChI=1S/C14H9BrClN3O2/c1-21-14(20)9-6-11(16)13-18-17-12(19(13)7-9)8-2-4-10(15)5-3-8/h2-7H,1H3. The lowest BCUT2D eigenvalue weighted by Crippen LogP contribution is -2.03. The minimum atomic E-state index is -0.464. The number of benzene rings is 1. The Labute approximate surface area is 133 Å². The first-order chi connectivity index (χ1) is 10.1. The summed E-state index contributed by atoms with van der Waals surface area (Å²) in [6.45, 7) is 0. The van der Waals surface area contributed by atoms with Crippen molar-refractivity contribution in [1.82, 2.24) is 14.6 Å². The summed E-state index contributed by atoms with van der Waals surface area (Å²) in [4.78, 5) is 11.7.